The van der Waals surface area contributed by atoms with Gasteiger partial charge in [0.05, 0.1) is 6.42 Å². The van der Waals surface area contributed by atoms with E-state index in [0.29, 0.717) is 18.3 Å². The average Bonchev–Trinajstić information content (AvgIpc) is 2.59. The lowest BCUT2D eigenvalue weighted by Gasteiger charge is -2.13. The Morgan fingerprint density at radius 1 is 0.960 bits per heavy atom. The van der Waals surface area contributed by atoms with E-state index in [1.807, 2.05) is 54.6 Å². The van der Waals surface area contributed by atoms with Gasteiger partial charge in [0.1, 0.15) is 11.5 Å². The van der Waals surface area contributed by atoms with Crippen molar-refractivity contribution in [2.45, 2.75) is 19.1 Å². The maximum Gasteiger partial charge on any atom is 0.390 e. The first-order valence-corrected chi connectivity index (χ1v) is 7.79. The van der Waals surface area contributed by atoms with Crippen molar-refractivity contribution in [3.8, 4) is 11.5 Å². The predicted molar refractivity (Wildman–Crippen MR) is 91.8 cm³/mol. The molecular formula is C18H20F3N3O. The molecule has 0 spiro atoms. The van der Waals surface area contributed by atoms with Crippen molar-refractivity contribution < 1.29 is 17.9 Å². The zero-order chi connectivity index (χ0) is 18.1. The Labute approximate surface area is 144 Å². The summed E-state index contributed by atoms with van der Waals surface area (Å²) in [5.41, 5.74) is 0.958. The number of guanidine groups is 1. The van der Waals surface area contributed by atoms with Crippen LogP contribution < -0.4 is 15.4 Å². The molecule has 7 heteroatoms. The molecule has 4 nitrogen and oxygen atoms in total. The van der Waals surface area contributed by atoms with Gasteiger partial charge < -0.3 is 15.4 Å². The van der Waals surface area contributed by atoms with Crippen LogP contribution in [0.4, 0.5) is 13.2 Å². The van der Waals surface area contributed by atoms with Crippen molar-refractivity contribution in [1.82, 2.24) is 10.6 Å². The highest BCUT2D eigenvalue weighted by atomic mass is 19.4. The van der Waals surface area contributed by atoms with Gasteiger partial charge in [-0.05, 0) is 29.8 Å². The summed E-state index contributed by atoms with van der Waals surface area (Å²) in [5.74, 6) is 1.79. The molecule has 0 saturated carbocycles. The lowest BCUT2D eigenvalue weighted by molar-refractivity contribution is -0.132. The Morgan fingerprint density at radius 3 is 2.20 bits per heavy atom. The molecule has 0 aliphatic heterocycles. The van der Waals surface area contributed by atoms with E-state index in [2.05, 4.69) is 15.6 Å². The molecule has 0 radical (unpaired) electrons. The van der Waals surface area contributed by atoms with Crippen molar-refractivity contribution in [2.75, 3.05) is 13.6 Å². The van der Waals surface area contributed by atoms with Gasteiger partial charge in [-0.25, -0.2) is 0 Å². The first-order valence-electron chi connectivity index (χ1n) is 7.79. The first-order chi connectivity index (χ1) is 12.0. The number of hydrogen-bond donors (Lipinski definition) is 2. The minimum atomic E-state index is -4.18. The summed E-state index contributed by atoms with van der Waals surface area (Å²) in [6, 6.07) is 16.9. The van der Waals surface area contributed by atoms with E-state index in [9.17, 15) is 13.2 Å². The minimum Gasteiger partial charge on any atom is -0.457 e. The van der Waals surface area contributed by atoms with Crippen molar-refractivity contribution in [1.29, 1.82) is 0 Å². The summed E-state index contributed by atoms with van der Waals surface area (Å²) in [7, 11) is 1.51. The fourth-order valence-electron chi connectivity index (χ4n) is 2.03. The molecule has 25 heavy (non-hydrogen) atoms. The highest BCUT2D eigenvalue weighted by Crippen LogP contribution is 2.21. The SMILES string of the molecule is CN=C(NCCC(F)(F)F)NCc1ccc(Oc2ccccc2)cc1. The Kier molecular flexibility index (Phi) is 6.68. The van der Waals surface area contributed by atoms with Gasteiger partial charge in [0.2, 0.25) is 0 Å². The Morgan fingerprint density at radius 2 is 1.60 bits per heavy atom. The molecule has 0 atom stereocenters. The molecule has 0 bridgehead atoms. The molecule has 2 aromatic carbocycles. The van der Waals surface area contributed by atoms with Crippen LogP contribution in [0.15, 0.2) is 59.6 Å². The smallest absolute Gasteiger partial charge is 0.390 e. The second-order valence-electron chi connectivity index (χ2n) is 5.28. The number of nitrogens with one attached hydrogen (secondary N) is 2. The minimum absolute atomic E-state index is 0.215. The van der Waals surface area contributed by atoms with Crippen molar-refractivity contribution in [3.05, 3.63) is 60.2 Å². The molecule has 0 fully saturated rings. The average molecular weight is 351 g/mol. The molecule has 0 amide bonds. The first kappa shape index (κ1) is 18.6. The number of benzene rings is 2. The molecular weight excluding hydrogens is 331 g/mol. The van der Waals surface area contributed by atoms with Crippen LogP contribution in [-0.4, -0.2) is 25.7 Å². The maximum atomic E-state index is 12.1. The van der Waals surface area contributed by atoms with Gasteiger partial charge in [0.15, 0.2) is 5.96 Å². The van der Waals surface area contributed by atoms with Crippen LogP contribution in [0.5, 0.6) is 11.5 Å². The van der Waals surface area contributed by atoms with E-state index in [4.69, 9.17) is 4.74 Å². The van der Waals surface area contributed by atoms with E-state index in [1.54, 1.807) is 0 Å². The highest BCUT2D eigenvalue weighted by Gasteiger charge is 2.26. The van der Waals surface area contributed by atoms with Gasteiger partial charge in [0.25, 0.3) is 0 Å². The molecule has 0 heterocycles. The van der Waals surface area contributed by atoms with E-state index in [1.165, 1.54) is 7.05 Å². The van der Waals surface area contributed by atoms with Crippen LogP contribution in [0.2, 0.25) is 0 Å². The van der Waals surface area contributed by atoms with E-state index in [0.717, 1.165) is 11.3 Å². The molecule has 0 saturated heterocycles. The Balaban J connectivity index is 1.80. The predicted octanol–water partition coefficient (Wildman–Crippen LogP) is 4.10. The van der Waals surface area contributed by atoms with Gasteiger partial charge >= 0.3 is 6.18 Å². The maximum absolute atomic E-state index is 12.1. The summed E-state index contributed by atoms with van der Waals surface area (Å²) >= 11 is 0. The quantitative estimate of drug-likeness (QED) is 0.608. The number of rotatable bonds is 6. The summed E-state index contributed by atoms with van der Waals surface area (Å²) in [6.07, 6.45) is -5.08. The van der Waals surface area contributed by atoms with Gasteiger partial charge in [-0.2, -0.15) is 13.2 Å². The third-order valence-electron chi connectivity index (χ3n) is 3.29. The van der Waals surface area contributed by atoms with Crippen LogP contribution >= 0.6 is 0 Å². The van der Waals surface area contributed by atoms with Crippen LogP contribution in [0.1, 0.15) is 12.0 Å². The topological polar surface area (TPSA) is 45.7 Å². The van der Waals surface area contributed by atoms with Gasteiger partial charge in [0, 0.05) is 20.1 Å². The monoisotopic (exact) mass is 351 g/mol. The lowest BCUT2D eigenvalue weighted by Crippen LogP contribution is -2.38. The Hall–Kier alpha value is -2.70. The van der Waals surface area contributed by atoms with Gasteiger partial charge in [-0.3, -0.25) is 4.99 Å². The summed E-state index contributed by atoms with van der Waals surface area (Å²) in [5, 5.41) is 5.61. The standard InChI is InChI=1S/C18H20F3N3O/c1-22-17(23-12-11-18(19,20)21)24-13-14-7-9-16(10-8-14)25-15-5-3-2-4-6-15/h2-10H,11-13H2,1H3,(H2,22,23,24). The number of hydrogen-bond acceptors (Lipinski definition) is 2. The number of alkyl halides is 3. The third kappa shape index (κ3) is 7.15. The largest absolute Gasteiger partial charge is 0.457 e. The number of halogens is 3. The summed E-state index contributed by atoms with van der Waals surface area (Å²) in [6.45, 7) is 0.227. The third-order valence-corrected chi connectivity index (χ3v) is 3.29. The van der Waals surface area contributed by atoms with Crippen LogP contribution in [0, 0.1) is 0 Å². The summed E-state index contributed by atoms with van der Waals surface area (Å²) in [4.78, 5) is 3.90. The zero-order valence-corrected chi connectivity index (χ0v) is 13.8. The van der Waals surface area contributed by atoms with Crippen molar-refractivity contribution in [2.24, 2.45) is 4.99 Å². The number of para-hydroxylation sites is 1. The number of nitrogens with zero attached hydrogens (tertiary/aromatic N) is 1. The lowest BCUT2D eigenvalue weighted by atomic mass is 10.2. The van der Waals surface area contributed by atoms with E-state index in [-0.39, 0.29) is 6.54 Å². The van der Waals surface area contributed by atoms with Crippen LogP contribution in [-0.2, 0) is 6.54 Å². The van der Waals surface area contributed by atoms with Crippen LogP contribution in [0.25, 0.3) is 0 Å². The molecule has 2 rings (SSSR count). The summed E-state index contributed by atoms with van der Waals surface area (Å²) < 4.78 is 42.1. The van der Waals surface area contributed by atoms with Crippen molar-refractivity contribution in [3.63, 3.8) is 0 Å². The normalized spacial score (nSPS) is 11.9. The van der Waals surface area contributed by atoms with Crippen molar-refractivity contribution >= 4 is 5.96 Å². The van der Waals surface area contributed by atoms with Crippen LogP contribution in [0.3, 0.4) is 0 Å². The molecule has 0 aromatic heterocycles. The Bertz CT molecular complexity index is 670. The van der Waals surface area contributed by atoms with E-state index >= 15 is 0 Å². The fraction of sp³-hybridized carbons (Fsp3) is 0.278. The molecule has 0 aliphatic carbocycles. The van der Waals surface area contributed by atoms with E-state index < -0.39 is 12.6 Å². The van der Waals surface area contributed by atoms with Gasteiger partial charge in [-0.15, -0.1) is 0 Å². The fourth-order valence-corrected chi connectivity index (χ4v) is 2.03. The molecule has 134 valence electrons. The molecule has 0 unspecified atom stereocenters. The highest BCUT2D eigenvalue weighted by molar-refractivity contribution is 5.79. The molecule has 2 aromatic rings. The molecule has 2 N–H and O–H groups in total. The second-order valence-corrected chi connectivity index (χ2v) is 5.28. The number of aliphatic imine (C=N–C) groups is 1. The second kappa shape index (κ2) is 8.96. The zero-order valence-electron chi connectivity index (χ0n) is 13.8. The van der Waals surface area contributed by atoms with Gasteiger partial charge in [-0.1, -0.05) is 30.3 Å². The number of ether oxygens (including phenoxy) is 1. The molecule has 0 aliphatic rings.